The first-order chi connectivity index (χ1) is 35.5. The Morgan fingerprint density at radius 2 is 0.595 bits per heavy atom. The van der Waals surface area contributed by atoms with Crippen molar-refractivity contribution < 1.29 is 10.2 Å². The van der Waals surface area contributed by atoms with E-state index >= 15 is 0 Å². The topological polar surface area (TPSA) is 40.5 Å². The van der Waals surface area contributed by atoms with Gasteiger partial charge in [-0.1, -0.05) is 272 Å². The van der Waals surface area contributed by atoms with Gasteiger partial charge in [0.1, 0.15) is 27.3 Å². The lowest BCUT2D eigenvalue weighted by Gasteiger charge is -2.34. The van der Waals surface area contributed by atoms with E-state index in [1.807, 2.05) is 24.3 Å². The summed E-state index contributed by atoms with van der Waals surface area (Å²) in [4.78, 5) is 0. The number of hydrogen-bond donors (Lipinski definition) is 2. The Hall–Kier alpha value is -7.19. The molecule has 0 amide bonds. The molecule has 9 aromatic carbocycles. The van der Waals surface area contributed by atoms with Crippen molar-refractivity contribution in [3.8, 4) is 22.3 Å². The van der Waals surface area contributed by atoms with Crippen LogP contribution in [0.4, 0.5) is 0 Å². The average molecular weight is 991 g/mol. The fraction of sp³-hybridized carbons (Fsp3) is 0.171. The van der Waals surface area contributed by atoms with E-state index in [0.717, 1.165) is 55.7 Å². The van der Waals surface area contributed by atoms with Crippen molar-refractivity contribution in [1.82, 2.24) is 0 Å². The summed E-state index contributed by atoms with van der Waals surface area (Å²) in [5, 5.41) is 33.9. The molecule has 0 atom stereocenters. The first-order valence-corrected chi connectivity index (χ1v) is 32.4. The maximum Gasteiger partial charge on any atom is 0.141 e. The van der Waals surface area contributed by atoms with E-state index in [1.165, 1.54) is 65.3 Å². The van der Waals surface area contributed by atoms with E-state index in [2.05, 4.69) is 248 Å². The van der Waals surface area contributed by atoms with Gasteiger partial charge >= 0.3 is 0 Å². The van der Waals surface area contributed by atoms with Crippen LogP contribution >= 0.6 is 0 Å². The Morgan fingerprint density at radius 3 is 0.919 bits per heavy atom. The van der Waals surface area contributed by atoms with Crippen LogP contribution < -0.4 is 10.4 Å². The molecule has 2 aliphatic carbocycles. The molecule has 0 bridgehead atoms. The largest absolute Gasteiger partial charge is 0.376 e. The minimum absolute atomic E-state index is 0.212. The molecule has 2 nitrogen and oxygen atoms in total. The van der Waals surface area contributed by atoms with Gasteiger partial charge < -0.3 is 10.2 Å². The zero-order valence-corrected chi connectivity index (χ0v) is 45.7. The quantitative estimate of drug-likeness (QED) is 0.149. The van der Waals surface area contributed by atoms with Gasteiger partial charge in [0.05, 0.1) is 0 Å². The first-order valence-electron chi connectivity index (χ1n) is 26.4. The Bertz CT molecular complexity index is 3510. The molecule has 2 N–H and O–H groups in total. The number of aliphatic hydroxyl groups is 2. The molecule has 0 saturated carbocycles. The maximum atomic E-state index is 14.4. The summed E-state index contributed by atoms with van der Waals surface area (Å²) in [6, 6.07) is 78.5. The van der Waals surface area contributed by atoms with Crippen molar-refractivity contribution in [3.05, 3.63) is 285 Å². The molecule has 4 heteroatoms. The van der Waals surface area contributed by atoms with Crippen LogP contribution in [0.1, 0.15) is 94.5 Å². The second-order valence-electron chi connectivity index (χ2n) is 23.4. The minimum atomic E-state index is -2.80. The molecule has 0 radical (unpaired) electrons. The molecule has 13 rings (SSSR count). The van der Waals surface area contributed by atoms with Crippen molar-refractivity contribution in [2.45, 2.75) is 75.9 Å². The molecule has 0 saturated heterocycles. The Balaban J connectivity index is 1.13. The lowest BCUT2D eigenvalue weighted by atomic mass is 9.74. The lowest BCUT2D eigenvalue weighted by molar-refractivity contribution is 0.145. The number of hydrogen-bond acceptors (Lipinski definition) is 2. The third-order valence-electron chi connectivity index (χ3n) is 18.0. The highest BCUT2D eigenvalue weighted by atomic mass is 28.3. The van der Waals surface area contributed by atoms with Gasteiger partial charge in [0, 0.05) is 10.8 Å². The summed E-state index contributed by atoms with van der Waals surface area (Å²) in [7, 11) is -5.61. The fourth-order valence-electron chi connectivity index (χ4n) is 14.3. The van der Waals surface area contributed by atoms with E-state index in [-0.39, 0.29) is 10.8 Å². The summed E-state index contributed by atoms with van der Waals surface area (Å²) in [6.45, 7) is 19.4. The molecule has 0 fully saturated rings. The van der Waals surface area contributed by atoms with Crippen LogP contribution in [-0.2, 0) is 22.0 Å². The third kappa shape index (κ3) is 6.29. The summed E-state index contributed by atoms with van der Waals surface area (Å²) >= 11 is 0. The standard InChI is InChI=1S/C70H62O2Si2/c1-67(2)57-35-23-21-33-51(57)53-39-37-45(41-59(53)67)65-63(69(71,47-25-13-9-14-26-47)48-27-15-10-16-28-48)55-43-62-56(44-61(55)73(65,5)6)64(70(72,49-29-17-11-18-30-49)50-31-19-12-20-32-50)66(74(62,7)8)46-38-40-54-52-34-22-24-36-58(52)68(3,4)60(54)42-46/h9-44,71-72H,1-8H3. The van der Waals surface area contributed by atoms with Crippen molar-refractivity contribution in [3.63, 3.8) is 0 Å². The number of fused-ring (bicyclic) bond motifs is 8. The normalized spacial score (nSPS) is 17.1. The zero-order chi connectivity index (χ0) is 51.2. The van der Waals surface area contributed by atoms with Gasteiger partial charge in [-0.2, -0.15) is 0 Å². The van der Waals surface area contributed by atoms with E-state index in [0.29, 0.717) is 0 Å². The third-order valence-corrected chi connectivity index (χ3v) is 25.1. The monoisotopic (exact) mass is 990 g/mol. The van der Waals surface area contributed by atoms with Crippen LogP contribution in [0, 0.1) is 0 Å². The smallest absolute Gasteiger partial charge is 0.141 e. The van der Waals surface area contributed by atoms with Gasteiger partial charge in [-0.3, -0.25) is 0 Å². The predicted octanol–water partition coefficient (Wildman–Crippen LogP) is 14.9. The van der Waals surface area contributed by atoms with Crippen LogP contribution in [0.25, 0.3) is 43.8 Å². The van der Waals surface area contributed by atoms with Crippen LogP contribution in [0.3, 0.4) is 0 Å². The van der Waals surface area contributed by atoms with Crippen molar-refractivity contribution in [1.29, 1.82) is 0 Å². The summed E-state index contributed by atoms with van der Waals surface area (Å²) in [6.07, 6.45) is 0. The van der Waals surface area contributed by atoms with Gasteiger partial charge in [-0.05, 0) is 121 Å². The van der Waals surface area contributed by atoms with Crippen molar-refractivity contribution >= 4 is 48.1 Å². The number of benzene rings is 9. The lowest BCUT2D eigenvalue weighted by Crippen LogP contribution is -2.45. The average Bonchev–Trinajstić information content (AvgIpc) is 4.04. The maximum absolute atomic E-state index is 14.4. The fourth-order valence-corrected chi connectivity index (χ4v) is 21.2. The highest BCUT2D eigenvalue weighted by Crippen LogP contribution is 2.58. The highest BCUT2D eigenvalue weighted by molar-refractivity contribution is 7.09. The molecule has 2 aliphatic heterocycles. The second kappa shape index (κ2) is 16.2. The molecule has 4 aliphatic rings. The predicted molar refractivity (Wildman–Crippen MR) is 314 cm³/mol. The van der Waals surface area contributed by atoms with Crippen LogP contribution in [0.15, 0.2) is 218 Å². The summed E-state index contributed by atoms with van der Waals surface area (Å²) in [5.41, 5.74) is 16.9. The van der Waals surface area contributed by atoms with E-state index in [1.54, 1.807) is 0 Å². The molecule has 0 spiro atoms. The molecular formula is C70H62O2Si2. The Kier molecular flexibility index (Phi) is 10.2. The highest BCUT2D eigenvalue weighted by Gasteiger charge is 2.55. The van der Waals surface area contributed by atoms with Gasteiger partial charge in [-0.15, -0.1) is 0 Å². The van der Waals surface area contributed by atoms with E-state index in [4.69, 9.17) is 0 Å². The second-order valence-corrected chi connectivity index (χ2v) is 32.0. The van der Waals surface area contributed by atoms with Crippen LogP contribution in [0.5, 0.6) is 0 Å². The molecule has 74 heavy (non-hydrogen) atoms. The van der Waals surface area contributed by atoms with Crippen molar-refractivity contribution in [2.75, 3.05) is 0 Å². The van der Waals surface area contributed by atoms with E-state index in [9.17, 15) is 10.2 Å². The molecule has 0 unspecified atom stereocenters. The Labute approximate surface area is 439 Å². The molecule has 362 valence electrons. The first kappa shape index (κ1) is 46.6. The van der Waals surface area contributed by atoms with Crippen LogP contribution in [0.2, 0.25) is 26.2 Å². The number of rotatable bonds is 8. The molecule has 2 heterocycles. The zero-order valence-electron chi connectivity index (χ0n) is 43.7. The van der Waals surface area contributed by atoms with Gasteiger partial charge in [0.25, 0.3) is 0 Å². The molecule has 0 aromatic heterocycles. The van der Waals surface area contributed by atoms with E-state index < -0.39 is 27.3 Å². The van der Waals surface area contributed by atoms with Gasteiger partial charge in [0.15, 0.2) is 0 Å². The summed E-state index contributed by atoms with van der Waals surface area (Å²) in [5.74, 6) is 0. The Morgan fingerprint density at radius 1 is 0.311 bits per heavy atom. The molecule has 9 aromatic rings. The van der Waals surface area contributed by atoms with Crippen LogP contribution in [-0.4, -0.2) is 26.4 Å². The SMILES string of the molecule is CC1(C)c2ccccc2-c2ccc(C3=C(C(O)(c4ccccc4)c4ccccc4)c4cc5c(cc4[Si]3(C)C)C(C(O)(c3ccccc3)c3ccccc3)=C(c3ccc4c(c3)C(C)(C)c3ccccc3-4)[Si]5(C)C)cc21. The van der Waals surface area contributed by atoms with Crippen molar-refractivity contribution in [2.24, 2.45) is 0 Å². The minimum Gasteiger partial charge on any atom is -0.376 e. The summed E-state index contributed by atoms with van der Waals surface area (Å²) < 4.78 is 0. The molecular weight excluding hydrogens is 929 g/mol. The van der Waals surface area contributed by atoms with Gasteiger partial charge in [0.2, 0.25) is 0 Å². The van der Waals surface area contributed by atoms with Gasteiger partial charge in [-0.25, -0.2) is 0 Å².